The van der Waals surface area contributed by atoms with Crippen LogP contribution in [0, 0.1) is 13.8 Å². The average molecular weight is 311 g/mol. The molecule has 1 N–H and O–H groups in total. The van der Waals surface area contributed by atoms with Gasteiger partial charge in [-0.1, -0.05) is 6.07 Å². The summed E-state index contributed by atoms with van der Waals surface area (Å²) in [6.07, 6.45) is 0.230. The van der Waals surface area contributed by atoms with Crippen LogP contribution in [0.4, 0.5) is 0 Å². The van der Waals surface area contributed by atoms with Crippen LogP contribution in [0.5, 0.6) is 0 Å². The van der Waals surface area contributed by atoms with E-state index in [0.717, 1.165) is 6.07 Å². The first-order chi connectivity index (χ1) is 9.66. The maximum Gasteiger partial charge on any atom is 0.335 e. The topological polar surface area (TPSA) is 91.8 Å². The van der Waals surface area contributed by atoms with E-state index in [1.54, 1.807) is 20.9 Å². The van der Waals surface area contributed by atoms with E-state index in [4.69, 9.17) is 5.11 Å². The Morgan fingerprint density at radius 2 is 1.90 bits per heavy atom. The van der Waals surface area contributed by atoms with Gasteiger partial charge in [0.2, 0.25) is 5.91 Å². The normalized spacial score (nSPS) is 19.1. The molecule has 1 heterocycles. The van der Waals surface area contributed by atoms with Crippen LogP contribution in [0.3, 0.4) is 0 Å². The zero-order valence-corrected chi connectivity index (χ0v) is 12.9. The average Bonchev–Trinajstić information content (AvgIpc) is 2.69. The molecule has 1 fully saturated rings. The Balaban J connectivity index is 2.58. The summed E-state index contributed by atoms with van der Waals surface area (Å²) >= 11 is 0. The van der Waals surface area contributed by atoms with E-state index < -0.39 is 27.0 Å². The van der Waals surface area contributed by atoms with Crippen LogP contribution in [0.25, 0.3) is 0 Å². The minimum atomic E-state index is -3.88. The minimum absolute atomic E-state index is 0.0574. The maximum atomic E-state index is 12.7. The molecule has 0 aliphatic carbocycles. The molecule has 2 rings (SSSR count). The molecule has 6 nitrogen and oxygen atoms in total. The second-order valence-electron chi connectivity index (χ2n) is 5.32. The van der Waals surface area contributed by atoms with Crippen LogP contribution in [-0.4, -0.2) is 49.1 Å². The second kappa shape index (κ2) is 5.14. The van der Waals surface area contributed by atoms with Crippen LogP contribution in [0.1, 0.15) is 27.9 Å². The summed E-state index contributed by atoms with van der Waals surface area (Å²) < 4.78 is 25.3. The summed E-state index contributed by atoms with van der Waals surface area (Å²) in [5, 5.41) is 8.02. The van der Waals surface area contributed by atoms with Gasteiger partial charge in [0.15, 0.2) is 9.84 Å². The van der Waals surface area contributed by atoms with Gasteiger partial charge in [-0.2, -0.15) is 0 Å². The Morgan fingerprint density at radius 3 is 2.38 bits per heavy atom. The van der Waals surface area contributed by atoms with Gasteiger partial charge in [-0.05, 0) is 37.5 Å². The first kappa shape index (κ1) is 15.5. The molecule has 0 radical (unpaired) electrons. The van der Waals surface area contributed by atoms with Crippen molar-refractivity contribution in [1.82, 2.24) is 4.90 Å². The fourth-order valence-corrected chi connectivity index (χ4v) is 4.56. The van der Waals surface area contributed by atoms with Gasteiger partial charge in [0.25, 0.3) is 0 Å². The largest absolute Gasteiger partial charge is 0.478 e. The molecule has 1 aromatic rings. The monoisotopic (exact) mass is 311 g/mol. The Hall–Kier alpha value is -1.89. The van der Waals surface area contributed by atoms with Gasteiger partial charge in [-0.3, -0.25) is 4.79 Å². The van der Waals surface area contributed by atoms with Crippen molar-refractivity contribution in [2.24, 2.45) is 0 Å². The van der Waals surface area contributed by atoms with Gasteiger partial charge >= 0.3 is 5.97 Å². The van der Waals surface area contributed by atoms with Crippen LogP contribution >= 0.6 is 0 Å². The molecule has 7 heteroatoms. The number of carbonyl (C=O) groups excluding carboxylic acids is 1. The summed E-state index contributed by atoms with van der Waals surface area (Å²) in [4.78, 5) is 24.4. The van der Waals surface area contributed by atoms with Crippen molar-refractivity contribution in [2.45, 2.75) is 30.4 Å². The second-order valence-corrected chi connectivity index (χ2v) is 7.42. The number of aryl methyl sites for hydroxylation is 2. The third-order valence-electron chi connectivity index (χ3n) is 3.81. The van der Waals surface area contributed by atoms with Crippen molar-refractivity contribution in [2.75, 3.05) is 13.6 Å². The highest BCUT2D eigenvalue weighted by Crippen LogP contribution is 2.28. The number of nitrogens with zero attached hydrogens (tertiary/aromatic N) is 1. The first-order valence-corrected chi connectivity index (χ1v) is 8.04. The van der Waals surface area contributed by atoms with E-state index in [1.807, 2.05) is 0 Å². The Bertz CT molecular complexity index is 723. The minimum Gasteiger partial charge on any atom is -0.478 e. The SMILES string of the molecule is Cc1cc(C)c(S(=O)(=O)C2CCN(C)C2=O)cc1C(=O)O. The number of carboxylic acid groups (broad SMARTS) is 1. The maximum absolute atomic E-state index is 12.7. The Morgan fingerprint density at radius 1 is 1.29 bits per heavy atom. The zero-order chi connectivity index (χ0) is 15.9. The van der Waals surface area contributed by atoms with Gasteiger partial charge in [0.05, 0.1) is 10.5 Å². The highest BCUT2D eigenvalue weighted by molar-refractivity contribution is 7.92. The molecule has 1 atom stereocenters. The van der Waals surface area contributed by atoms with E-state index in [0.29, 0.717) is 17.7 Å². The van der Waals surface area contributed by atoms with Crippen molar-refractivity contribution in [3.05, 3.63) is 28.8 Å². The summed E-state index contributed by atoms with van der Waals surface area (Å²) in [5.41, 5.74) is 0.895. The number of aromatic carboxylic acids is 1. The molecule has 1 unspecified atom stereocenters. The quantitative estimate of drug-likeness (QED) is 0.899. The summed E-state index contributed by atoms with van der Waals surface area (Å²) in [6.45, 7) is 3.61. The smallest absolute Gasteiger partial charge is 0.335 e. The fourth-order valence-electron chi connectivity index (χ4n) is 2.60. The lowest BCUT2D eigenvalue weighted by atomic mass is 10.1. The number of sulfone groups is 1. The molecule has 0 aromatic heterocycles. The molecule has 114 valence electrons. The van der Waals surface area contributed by atoms with E-state index in [9.17, 15) is 18.0 Å². The number of rotatable bonds is 3. The molecule has 1 aliphatic heterocycles. The van der Waals surface area contributed by atoms with E-state index in [2.05, 4.69) is 0 Å². The highest BCUT2D eigenvalue weighted by atomic mass is 32.2. The molecular weight excluding hydrogens is 294 g/mol. The van der Waals surface area contributed by atoms with Gasteiger partial charge in [-0.15, -0.1) is 0 Å². The molecule has 1 saturated heterocycles. The molecule has 21 heavy (non-hydrogen) atoms. The Kier molecular flexibility index (Phi) is 3.79. The lowest BCUT2D eigenvalue weighted by Crippen LogP contribution is -2.32. The number of hydrogen-bond donors (Lipinski definition) is 1. The number of likely N-dealkylation sites (tertiary alicyclic amines) is 1. The third-order valence-corrected chi connectivity index (χ3v) is 6.05. The van der Waals surface area contributed by atoms with Crippen molar-refractivity contribution in [1.29, 1.82) is 0 Å². The van der Waals surface area contributed by atoms with Crippen LogP contribution < -0.4 is 0 Å². The molecule has 0 saturated carbocycles. The number of carboxylic acids is 1. The molecule has 1 aliphatic rings. The zero-order valence-electron chi connectivity index (χ0n) is 12.1. The van der Waals surface area contributed by atoms with Gasteiger partial charge in [-0.25, -0.2) is 13.2 Å². The molecule has 1 amide bonds. The van der Waals surface area contributed by atoms with Crippen molar-refractivity contribution in [3.8, 4) is 0 Å². The number of benzene rings is 1. The number of amides is 1. The molecular formula is C14H17NO5S. The summed E-state index contributed by atoms with van der Waals surface area (Å²) in [5.74, 6) is -1.62. The first-order valence-electron chi connectivity index (χ1n) is 6.49. The summed E-state index contributed by atoms with van der Waals surface area (Å²) in [7, 11) is -2.32. The molecule has 1 aromatic carbocycles. The van der Waals surface area contributed by atoms with E-state index in [-0.39, 0.29) is 16.9 Å². The van der Waals surface area contributed by atoms with Gasteiger partial charge < -0.3 is 10.0 Å². The Labute approximate surface area is 123 Å². The standard InChI is InChI=1S/C14H17NO5S/c1-8-6-9(2)12(7-10(8)14(17)18)21(19,20)11-4-5-15(3)13(11)16/h6-7,11H,4-5H2,1-3H3,(H,17,18). The number of carbonyl (C=O) groups is 2. The van der Waals surface area contributed by atoms with E-state index in [1.165, 1.54) is 11.0 Å². The fraction of sp³-hybridized carbons (Fsp3) is 0.429. The predicted octanol–water partition coefficient (Wildman–Crippen LogP) is 1.01. The molecule has 0 bridgehead atoms. The lowest BCUT2D eigenvalue weighted by Gasteiger charge is -2.15. The number of hydrogen-bond acceptors (Lipinski definition) is 4. The predicted molar refractivity (Wildman–Crippen MR) is 76.1 cm³/mol. The lowest BCUT2D eigenvalue weighted by molar-refractivity contribution is -0.126. The van der Waals surface area contributed by atoms with Gasteiger partial charge in [0.1, 0.15) is 5.25 Å². The van der Waals surface area contributed by atoms with Crippen LogP contribution in [-0.2, 0) is 14.6 Å². The van der Waals surface area contributed by atoms with Crippen molar-refractivity contribution in [3.63, 3.8) is 0 Å². The van der Waals surface area contributed by atoms with Crippen molar-refractivity contribution >= 4 is 21.7 Å². The summed E-state index contributed by atoms with van der Waals surface area (Å²) in [6, 6.07) is 2.69. The van der Waals surface area contributed by atoms with Crippen LogP contribution in [0.15, 0.2) is 17.0 Å². The van der Waals surface area contributed by atoms with E-state index >= 15 is 0 Å². The van der Waals surface area contributed by atoms with Gasteiger partial charge in [0, 0.05) is 13.6 Å². The van der Waals surface area contributed by atoms with Crippen LogP contribution in [0.2, 0.25) is 0 Å². The molecule has 0 spiro atoms. The third kappa shape index (κ3) is 2.53. The van der Waals surface area contributed by atoms with Crippen molar-refractivity contribution < 1.29 is 23.1 Å². The highest BCUT2D eigenvalue weighted by Gasteiger charge is 2.41.